The predicted octanol–water partition coefficient (Wildman–Crippen LogP) is 1.94. The van der Waals surface area contributed by atoms with E-state index in [9.17, 15) is 4.79 Å². The molecule has 5 heteroatoms. The highest BCUT2D eigenvalue weighted by Crippen LogP contribution is 2.07. The molecule has 0 radical (unpaired) electrons. The molecule has 0 aliphatic heterocycles. The molecule has 0 amide bonds. The third-order valence-electron chi connectivity index (χ3n) is 1.61. The highest BCUT2D eigenvalue weighted by atomic mass is 79.9. The van der Waals surface area contributed by atoms with Gasteiger partial charge in [0.2, 0.25) is 0 Å². The maximum absolute atomic E-state index is 11.4. The first kappa shape index (κ1) is 10.7. The summed E-state index contributed by atoms with van der Waals surface area (Å²) in [7, 11) is 0. The Labute approximate surface area is 89.5 Å². The Morgan fingerprint density at radius 1 is 1.50 bits per heavy atom. The number of aromatic amines is 2. The van der Waals surface area contributed by atoms with Crippen LogP contribution in [-0.2, 0) is 0 Å². The van der Waals surface area contributed by atoms with E-state index in [1.807, 2.05) is 6.92 Å². The molecule has 2 N–H and O–H groups in total. The molecule has 74 valence electrons. The van der Waals surface area contributed by atoms with E-state index < -0.39 is 0 Å². The molecule has 0 aliphatic rings. The molecule has 1 aromatic heterocycles. The van der Waals surface area contributed by atoms with Gasteiger partial charge in [0.15, 0.2) is 0 Å². The number of hydrogen-bond acceptors (Lipinski definition) is 2. The van der Waals surface area contributed by atoms with Gasteiger partial charge in [0.05, 0.1) is 10.0 Å². The van der Waals surface area contributed by atoms with Gasteiger partial charge in [-0.05, 0) is 22.9 Å². The van der Waals surface area contributed by atoms with Crippen LogP contribution in [0.2, 0.25) is 0 Å². The average molecular weight is 256 g/mol. The van der Waals surface area contributed by atoms with E-state index >= 15 is 0 Å². The number of rotatable bonds is 1. The SMILES string of the molecule is C=Cc1cncc(Br)c(C)[nH][nH]c1=O. The summed E-state index contributed by atoms with van der Waals surface area (Å²) in [5, 5.41) is 5.25. The number of H-pyrrole nitrogens is 2. The number of aromatic nitrogens is 3. The minimum absolute atomic E-state index is 0.265. The summed E-state index contributed by atoms with van der Waals surface area (Å²) in [5.41, 5.74) is 0.920. The summed E-state index contributed by atoms with van der Waals surface area (Å²) in [4.78, 5) is 15.3. The number of nitrogens with one attached hydrogen (secondary N) is 2. The Morgan fingerprint density at radius 3 is 2.86 bits per heavy atom. The zero-order valence-corrected chi connectivity index (χ0v) is 9.26. The zero-order chi connectivity index (χ0) is 10.6. The number of halogens is 1. The maximum atomic E-state index is 11.4. The van der Waals surface area contributed by atoms with Gasteiger partial charge in [0.25, 0.3) is 5.56 Å². The molecule has 1 heterocycles. The van der Waals surface area contributed by atoms with Gasteiger partial charge in [-0.25, -0.2) is 0 Å². The fourth-order valence-electron chi connectivity index (χ4n) is 0.766. The monoisotopic (exact) mass is 255 g/mol. The van der Waals surface area contributed by atoms with Gasteiger partial charge in [-0.15, -0.1) is 0 Å². The van der Waals surface area contributed by atoms with Crippen LogP contribution in [0.1, 0.15) is 11.3 Å². The third kappa shape index (κ3) is 2.56. The number of nitrogens with zero attached hydrogens (tertiary/aromatic N) is 1. The summed E-state index contributed by atoms with van der Waals surface area (Å²) in [6.45, 7) is 5.33. The summed E-state index contributed by atoms with van der Waals surface area (Å²) in [5.74, 6) is 0. The van der Waals surface area contributed by atoms with Crippen molar-refractivity contribution in [1.29, 1.82) is 0 Å². The molecular weight excluding hydrogens is 246 g/mol. The van der Waals surface area contributed by atoms with Gasteiger partial charge in [-0.1, -0.05) is 12.7 Å². The quantitative estimate of drug-likeness (QED) is 0.806. The lowest BCUT2D eigenvalue weighted by molar-refractivity contribution is 0.959. The van der Waals surface area contributed by atoms with Gasteiger partial charge >= 0.3 is 0 Å². The summed E-state index contributed by atoms with van der Waals surface area (Å²) >= 11 is 3.30. The fourth-order valence-corrected chi connectivity index (χ4v) is 0.984. The average Bonchev–Trinajstić information content (AvgIpc) is 2.23. The highest BCUT2D eigenvalue weighted by Gasteiger charge is 1.91. The molecular formula is C9H10BrN3O. The van der Waals surface area contributed by atoms with Gasteiger partial charge in [0, 0.05) is 18.1 Å². The molecule has 0 unspecified atom stereocenters. The standard InChI is InChI=1S/C9H10BrN3O/c1-3-7-4-11-5-8(10)6(2)12-13-9(7)14/h3-5,12H,1H2,2H3,(H,13,14). The van der Waals surface area contributed by atoms with Crippen molar-refractivity contribution in [2.24, 2.45) is 0 Å². The van der Waals surface area contributed by atoms with Gasteiger partial charge in [0.1, 0.15) is 0 Å². The van der Waals surface area contributed by atoms with E-state index in [0.717, 1.165) is 10.2 Å². The largest absolute Gasteiger partial charge is 0.302 e. The predicted molar refractivity (Wildman–Crippen MR) is 59.4 cm³/mol. The van der Waals surface area contributed by atoms with Crippen LogP contribution in [0.25, 0.3) is 6.08 Å². The summed E-state index contributed by atoms with van der Waals surface area (Å²) in [6.07, 6.45) is 4.50. The third-order valence-corrected chi connectivity index (χ3v) is 2.40. The van der Waals surface area contributed by atoms with Crippen LogP contribution in [0.3, 0.4) is 0 Å². The van der Waals surface area contributed by atoms with Crippen LogP contribution in [-0.4, -0.2) is 15.2 Å². The first-order valence-corrected chi connectivity index (χ1v) is 4.73. The zero-order valence-electron chi connectivity index (χ0n) is 7.67. The Kier molecular flexibility index (Phi) is 3.64. The molecule has 0 spiro atoms. The van der Waals surface area contributed by atoms with E-state index in [4.69, 9.17) is 0 Å². The van der Waals surface area contributed by atoms with Crippen LogP contribution >= 0.6 is 15.9 Å². The van der Waals surface area contributed by atoms with Gasteiger partial charge < -0.3 is 5.10 Å². The molecule has 0 bridgehead atoms. The maximum Gasteiger partial charge on any atom is 0.271 e. The Hall–Kier alpha value is -1.36. The lowest BCUT2D eigenvalue weighted by Gasteiger charge is -1.88. The lowest BCUT2D eigenvalue weighted by Crippen LogP contribution is -2.07. The first-order valence-electron chi connectivity index (χ1n) is 3.93. The summed E-state index contributed by atoms with van der Waals surface area (Å²) < 4.78 is 0.777. The van der Waals surface area contributed by atoms with Crippen LogP contribution < -0.4 is 5.56 Å². The molecule has 0 aromatic carbocycles. The van der Waals surface area contributed by atoms with Crippen LogP contribution in [0, 0.1) is 6.92 Å². The Bertz CT molecular complexity index is 446. The number of hydrogen-bond donors (Lipinski definition) is 2. The molecule has 4 nitrogen and oxygen atoms in total. The van der Waals surface area contributed by atoms with Gasteiger partial charge in [-0.2, -0.15) is 0 Å². The van der Waals surface area contributed by atoms with Crippen molar-refractivity contribution in [1.82, 2.24) is 15.2 Å². The first-order chi connectivity index (χ1) is 6.65. The fraction of sp³-hybridized carbons (Fsp3) is 0.111. The molecule has 14 heavy (non-hydrogen) atoms. The van der Waals surface area contributed by atoms with Crippen molar-refractivity contribution in [2.45, 2.75) is 6.92 Å². The van der Waals surface area contributed by atoms with Gasteiger partial charge in [-0.3, -0.25) is 14.9 Å². The normalized spacial score (nSPS) is 9.29. The molecule has 0 saturated carbocycles. The molecule has 0 saturated heterocycles. The smallest absolute Gasteiger partial charge is 0.271 e. The van der Waals surface area contributed by atoms with E-state index in [1.54, 1.807) is 6.20 Å². The van der Waals surface area contributed by atoms with Crippen molar-refractivity contribution in [3.8, 4) is 0 Å². The molecule has 0 fully saturated rings. The van der Waals surface area contributed by atoms with Crippen molar-refractivity contribution >= 4 is 22.0 Å². The Morgan fingerprint density at radius 2 is 2.21 bits per heavy atom. The van der Waals surface area contributed by atoms with Crippen LogP contribution in [0.4, 0.5) is 0 Å². The summed E-state index contributed by atoms with van der Waals surface area (Å²) in [6, 6.07) is 0. The van der Waals surface area contributed by atoms with Crippen molar-refractivity contribution in [3.05, 3.63) is 45.1 Å². The highest BCUT2D eigenvalue weighted by molar-refractivity contribution is 9.10. The number of aryl methyl sites for hydroxylation is 1. The Balaban J connectivity index is 3.57. The van der Waals surface area contributed by atoms with Crippen molar-refractivity contribution in [3.63, 3.8) is 0 Å². The molecule has 1 rings (SSSR count). The van der Waals surface area contributed by atoms with E-state index in [1.165, 1.54) is 12.3 Å². The van der Waals surface area contributed by atoms with E-state index in [0.29, 0.717) is 5.56 Å². The van der Waals surface area contributed by atoms with Crippen LogP contribution in [0.5, 0.6) is 0 Å². The second kappa shape index (κ2) is 4.76. The minimum Gasteiger partial charge on any atom is -0.302 e. The second-order valence-electron chi connectivity index (χ2n) is 2.62. The molecule has 0 aliphatic carbocycles. The van der Waals surface area contributed by atoms with E-state index in [-0.39, 0.29) is 5.56 Å². The van der Waals surface area contributed by atoms with E-state index in [2.05, 4.69) is 37.7 Å². The minimum atomic E-state index is -0.265. The topological polar surface area (TPSA) is 61.5 Å². The van der Waals surface area contributed by atoms with Crippen molar-refractivity contribution in [2.75, 3.05) is 0 Å². The second-order valence-corrected chi connectivity index (χ2v) is 3.47. The van der Waals surface area contributed by atoms with Crippen LogP contribution in [0.15, 0.2) is 28.2 Å². The molecule has 0 atom stereocenters. The van der Waals surface area contributed by atoms with Crippen molar-refractivity contribution < 1.29 is 0 Å². The lowest BCUT2D eigenvalue weighted by atomic mass is 10.3. The molecule has 1 aromatic rings.